The summed E-state index contributed by atoms with van der Waals surface area (Å²) in [6, 6.07) is 7.43. The Kier molecular flexibility index (Phi) is 2.45. The van der Waals surface area contributed by atoms with Gasteiger partial charge in [0, 0.05) is 4.47 Å². The molecule has 0 radical (unpaired) electrons. The molecular weight excluding hydrogens is 194 g/mol. The van der Waals surface area contributed by atoms with Crippen LogP contribution < -0.4 is 5.32 Å². The zero-order valence-electron chi connectivity index (χ0n) is 5.17. The van der Waals surface area contributed by atoms with Gasteiger partial charge in [0.25, 0.3) is 0 Å². The van der Waals surface area contributed by atoms with Gasteiger partial charge < -0.3 is 5.32 Å². The molecule has 0 fully saturated rings. The van der Waals surface area contributed by atoms with Crippen LogP contribution in [0.25, 0.3) is 0 Å². The van der Waals surface area contributed by atoms with Crippen molar-refractivity contribution >= 4 is 28.0 Å². The summed E-state index contributed by atoms with van der Waals surface area (Å²) in [5, 5.41) is 2.55. The summed E-state index contributed by atoms with van der Waals surface area (Å²) < 4.78 is 0.891. The molecule has 1 N–H and O–H groups in total. The second kappa shape index (κ2) is 3.37. The van der Waals surface area contributed by atoms with Gasteiger partial charge in [-0.1, -0.05) is 12.1 Å². The third-order valence-electron chi connectivity index (χ3n) is 1.09. The molecule has 0 unspecified atom stereocenters. The van der Waals surface area contributed by atoms with Crippen LogP contribution in [0.15, 0.2) is 28.7 Å². The van der Waals surface area contributed by atoms with Crippen LogP contribution in [0.4, 0.5) is 5.69 Å². The summed E-state index contributed by atoms with van der Waals surface area (Å²) in [5.74, 6) is 0. The van der Waals surface area contributed by atoms with Gasteiger partial charge >= 0.3 is 0 Å². The number of benzene rings is 1. The number of hydrogen-bond acceptors (Lipinski definition) is 1. The van der Waals surface area contributed by atoms with E-state index in [2.05, 4.69) is 21.2 Å². The molecule has 3 heteroatoms. The predicted molar refractivity (Wildman–Crippen MR) is 43.8 cm³/mol. The summed E-state index contributed by atoms with van der Waals surface area (Å²) in [6.45, 7) is 0. The summed E-state index contributed by atoms with van der Waals surface area (Å²) >= 11 is 3.28. The topological polar surface area (TPSA) is 29.1 Å². The number of carbonyl (C=O) groups is 1. The van der Waals surface area contributed by atoms with Gasteiger partial charge in [-0.25, -0.2) is 0 Å². The molecule has 0 aliphatic carbocycles. The maximum atomic E-state index is 9.99. The quantitative estimate of drug-likeness (QED) is 0.727. The monoisotopic (exact) mass is 199 g/mol. The van der Waals surface area contributed by atoms with Crippen LogP contribution in [0.3, 0.4) is 0 Å². The van der Waals surface area contributed by atoms with E-state index in [-0.39, 0.29) is 0 Å². The lowest BCUT2D eigenvalue weighted by atomic mass is 10.3. The third-order valence-corrected chi connectivity index (χ3v) is 1.78. The number of hydrogen-bond donors (Lipinski definition) is 1. The van der Waals surface area contributed by atoms with E-state index in [1.807, 2.05) is 24.3 Å². The Morgan fingerprint density at radius 3 is 2.70 bits per heavy atom. The normalized spacial score (nSPS) is 8.90. The van der Waals surface area contributed by atoms with Crippen LogP contribution in [-0.4, -0.2) is 6.41 Å². The highest BCUT2D eigenvalue weighted by atomic mass is 79.9. The SMILES string of the molecule is O=CNc1ccccc1Br. The molecular formula is C7H6BrNO. The van der Waals surface area contributed by atoms with Crippen molar-refractivity contribution < 1.29 is 4.79 Å². The number of para-hydroxylation sites is 1. The van der Waals surface area contributed by atoms with Crippen LogP contribution in [0.2, 0.25) is 0 Å². The second-order valence-electron chi connectivity index (χ2n) is 1.74. The van der Waals surface area contributed by atoms with Crippen LogP contribution in [0.5, 0.6) is 0 Å². The lowest BCUT2D eigenvalue weighted by Crippen LogP contribution is -1.93. The minimum atomic E-state index is 0.653. The molecule has 0 saturated carbocycles. The second-order valence-corrected chi connectivity index (χ2v) is 2.60. The smallest absolute Gasteiger partial charge is 0.211 e. The van der Waals surface area contributed by atoms with Crippen LogP contribution in [0, 0.1) is 0 Å². The number of amides is 1. The highest BCUT2D eigenvalue weighted by Crippen LogP contribution is 2.19. The van der Waals surface area contributed by atoms with Gasteiger partial charge in [-0.05, 0) is 28.1 Å². The number of anilines is 1. The Labute approximate surface area is 67.4 Å². The summed E-state index contributed by atoms with van der Waals surface area (Å²) in [7, 11) is 0. The summed E-state index contributed by atoms with van der Waals surface area (Å²) in [5.41, 5.74) is 0.789. The van der Waals surface area contributed by atoms with E-state index in [1.54, 1.807) is 0 Å². The number of rotatable bonds is 2. The molecule has 0 aromatic heterocycles. The van der Waals surface area contributed by atoms with E-state index in [9.17, 15) is 4.79 Å². The molecule has 0 atom stereocenters. The average molecular weight is 200 g/mol. The molecule has 0 heterocycles. The van der Waals surface area contributed by atoms with E-state index in [0.29, 0.717) is 6.41 Å². The summed E-state index contributed by atoms with van der Waals surface area (Å²) in [6.07, 6.45) is 0.653. The Balaban J connectivity index is 2.91. The Bertz CT molecular complexity index is 237. The van der Waals surface area contributed by atoms with Gasteiger partial charge in [0.15, 0.2) is 0 Å². The molecule has 0 spiro atoms. The third kappa shape index (κ3) is 1.57. The number of halogens is 1. The molecule has 1 aromatic rings. The van der Waals surface area contributed by atoms with Gasteiger partial charge in [-0.3, -0.25) is 4.79 Å². The van der Waals surface area contributed by atoms with Crippen LogP contribution >= 0.6 is 15.9 Å². The van der Waals surface area contributed by atoms with Crippen molar-refractivity contribution in [3.63, 3.8) is 0 Å². The van der Waals surface area contributed by atoms with Gasteiger partial charge in [0.1, 0.15) is 0 Å². The molecule has 1 aromatic carbocycles. The first-order chi connectivity index (χ1) is 4.84. The largest absolute Gasteiger partial charge is 0.328 e. The number of carbonyl (C=O) groups excluding carboxylic acids is 1. The summed E-state index contributed by atoms with van der Waals surface area (Å²) in [4.78, 5) is 9.99. The fourth-order valence-corrected chi connectivity index (χ4v) is 1.04. The molecule has 10 heavy (non-hydrogen) atoms. The van der Waals surface area contributed by atoms with Crippen molar-refractivity contribution in [1.82, 2.24) is 0 Å². The van der Waals surface area contributed by atoms with Gasteiger partial charge in [-0.2, -0.15) is 0 Å². The number of nitrogens with one attached hydrogen (secondary N) is 1. The lowest BCUT2D eigenvalue weighted by Gasteiger charge is -1.98. The van der Waals surface area contributed by atoms with Crippen molar-refractivity contribution in [3.05, 3.63) is 28.7 Å². The van der Waals surface area contributed by atoms with Gasteiger partial charge in [0.2, 0.25) is 6.41 Å². The Hall–Kier alpha value is -0.830. The standard InChI is InChI=1S/C7H6BrNO/c8-6-3-1-2-4-7(6)9-5-10/h1-5H,(H,9,10). The fraction of sp³-hybridized carbons (Fsp3) is 0. The highest BCUT2D eigenvalue weighted by molar-refractivity contribution is 9.10. The molecule has 2 nitrogen and oxygen atoms in total. The molecule has 1 amide bonds. The first-order valence-electron chi connectivity index (χ1n) is 2.79. The Morgan fingerprint density at radius 2 is 2.10 bits per heavy atom. The fourth-order valence-electron chi connectivity index (χ4n) is 0.642. The molecule has 52 valence electrons. The molecule has 0 aliphatic heterocycles. The van der Waals surface area contributed by atoms with Crippen molar-refractivity contribution in [3.8, 4) is 0 Å². The lowest BCUT2D eigenvalue weighted by molar-refractivity contribution is -0.105. The van der Waals surface area contributed by atoms with Crippen LogP contribution in [0.1, 0.15) is 0 Å². The minimum Gasteiger partial charge on any atom is -0.328 e. The van der Waals surface area contributed by atoms with E-state index in [4.69, 9.17) is 0 Å². The highest BCUT2D eigenvalue weighted by Gasteiger charge is 1.92. The van der Waals surface area contributed by atoms with E-state index in [0.717, 1.165) is 10.2 Å². The van der Waals surface area contributed by atoms with Crippen molar-refractivity contribution in [2.45, 2.75) is 0 Å². The maximum Gasteiger partial charge on any atom is 0.211 e. The van der Waals surface area contributed by atoms with E-state index < -0.39 is 0 Å². The van der Waals surface area contributed by atoms with Crippen LogP contribution in [-0.2, 0) is 4.79 Å². The molecule has 0 aliphatic rings. The van der Waals surface area contributed by atoms with E-state index in [1.165, 1.54) is 0 Å². The van der Waals surface area contributed by atoms with Crippen molar-refractivity contribution in [2.24, 2.45) is 0 Å². The Morgan fingerprint density at radius 1 is 1.40 bits per heavy atom. The average Bonchev–Trinajstić information content (AvgIpc) is 1.94. The maximum absolute atomic E-state index is 9.99. The molecule has 0 saturated heterocycles. The zero-order chi connectivity index (χ0) is 7.40. The predicted octanol–water partition coefficient (Wildman–Crippen LogP) is 2.02. The van der Waals surface area contributed by atoms with Crippen molar-refractivity contribution in [1.29, 1.82) is 0 Å². The minimum absolute atomic E-state index is 0.653. The van der Waals surface area contributed by atoms with Gasteiger partial charge in [-0.15, -0.1) is 0 Å². The zero-order valence-corrected chi connectivity index (χ0v) is 6.76. The van der Waals surface area contributed by atoms with Gasteiger partial charge in [0.05, 0.1) is 5.69 Å². The first kappa shape index (κ1) is 7.28. The molecule has 1 rings (SSSR count). The van der Waals surface area contributed by atoms with Crippen molar-refractivity contribution in [2.75, 3.05) is 5.32 Å². The van der Waals surface area contributed by atoms with E-state index >= 15 is 0 Å². The first-order valence-corrected chi connectivity index (χ1v) is 3.58. The molecule has 0 bridgehead atoms.